The molecule has 3 rings (SSSR count). The van der Waals surface area contributed by atoms with E-state index in [0.29, 0.717) is 23.7 Å². The minimum Gasteiger partial charge on any atom is -0.382 e. The van der Waals surface area contributed by atoms with Crippen molar-refractivity contribution in [3.8, 4) is 0 Å². The zero-order valence-electron chi connectivity index (χ0n) is 13.2. The lowest BCUT2D eigenvalue weighted by atomic mass is 9.93. The van der Waals surface area contributed by atoms with Crippen molar-refractivity contribution in [3.63, 3.8) is 0 Å². The number of aryl methyl sites for hydroxylation is 1. The monoisotopic (exact) mass is 380 g/mol. The number of halogens is 1. The second kappa shape index (κ2) is 6.82. The number of aromatic nitrogens is 4. The van der Waals surface area contributed by atoms with E-state index in [2.05, 4.69) is 30.9 Å². The van der Waals surface area contributed by atoms with Crippen LogP contribution in [0.25, 0.3) is 11.2 Å². The lowest BCUT2D eigenvalue weighted by Gasteiger charge is -2.32. The van der Waals surface area contributed by atoms with Gasteiger partial charge in [0.25, 0.3) is 0 Å². The zero-order valence-corrected chi connectivity index (χ0v) is 14.8. The van der Waals surface area contributed by atoms with Crippen molar-refractivity contribution < 1.29 is 4.79 Å². The van der Waals surface area contributed by atoms with E-state index in [1.54, 1.807) is 0 Å². The van der Waals surface area contributed by atoms with Crippen LogP contribution in [-0.4, -0.2) is 43.4 Å². The van der Waals surface area contributed by atoms with Gasteiger partial charge in [0.1, 0.15) is 6.33 Å². The number of anilines is 1. The second-order valence-corrected chi connectivity index (χ2v) is 6.64. The second-order valence-electron chi connectivity index (χ2n) is 5.93. The van der Waals surface area contributed by atoms with E-state index in [4.69, 9.17) is 5.73 Å². The molecule has 1 saturated heterocycles. The third-order valence-electron chi connectivity index (χ3n) is 4.54. The van der Waals surface area contributed by atoms with Gasteiger partial charge in [0, 0.05) is 26.1 Å². The number of rotatable bonds is 4. The molecule has 3 heterocycles. The van der Waals surface area contributed by atoms with Crippen molar-refractivity contribution in [2.75, 3.05) is 18.8 Å². The number of likely N-dealkylation sites (tertiary alicyclic amines) is 1. The third kappa shape index (κ3) is 3.31. The Hall–Kier alpha value is -1.70. The van der Waals surface area contributed by atoms with Crippen molar-refractivity contribution in [1.82, 2.24) is 24.4 Å². The van der Waals surface area contributed by atoms with Crippen molar-refractivity contribution >= 4 is 38.8 Å². The fourth-order valence-corrected chi connectivity index (χ4v) is 3.65. The van der Waals surface area contributed by atoms with Crippen LogP contribution in [0.5, 0.6) is 0 Å². The van der Waals surface area contributed by atoms with Gasteiger partial charge < -0.3 is 15.2 Å². The normalized spacial score (nSPS) is 16.2. The minimum atomic E-state index is 0.263. The predicted octanol–water partition coefficient (Wildman–Crippen LogP) is 2.21. The number of piperidine rings is 1. The van der Waals surface area contributed by atoms with Crippen LogP contribution >= 0.6 is 15.9 Å². The van der Waals surface area contributed by atoms with Crippen LogP contribution in [0.2, 0.25) is 0 Å². The topological polar surface area (TPSA) is 89.9 Å². The number of nitrogens with two attached hydrogens (primary N) is 1. The summed E-state index contributed by atoms with van der Waals surface area (Å²) in [6, 6.07) is 0. The van der Waals surface area contributed by atoms with Gasteiger partial charge in [-0.05, 0) is 41.1 Å². The number of imidazole rings is 1. The summed E-state index contributed by atoms with van der Waals surface area (Å²) in [5.74, 6) is 1.29. The fraction of sp³-hybridized carbons (Fsp3) is 0.600. The SMILES string of the molecule is CCC(=O)N1CCC(CCn2c(Br)nc3c(N)ncnc32)CC1. The number of amides is 1. The Kier molecular flexibility index (Phi) is 4.79. The smallest absolute Gasteiger partial charge is 0.222 e. The van der Waals surface area contributed by atoms with Gasteiger partial charge >= 0.3 is 0 Å². The van der Waals surface area contributed by atoms with E-state index >= 15 is 0 Å². The van der Waals surface area contributed by atoms with E-state index in [9.17, 15) is 4.79 Å². The Morgan fingerprint density at radius 2 is 2.13 bits per heavy atom. The van der Waals surface area contributed by atoms with Crippen molar-refractivity contribution in [1.29, 1.82) is 0 Å². The molecule has 7 nitrogen and oxygen atoms in total. The first-order valence-corrected chi connectivity index (χ1v) is 8.79. The summed E-state index contributed by atoms with van der Waals surface area (Å²) >= 11 is 3.48. The quantitative estimate of drug-likeness (QED) is 0.821. The first kappa shape index (κ1) is 16.2. The number of carbonyl (C=O) groups is 1. The van der Waals surface area contributed by atoms with Crippen LogP contribution in [-0.2, 0) is 11.3 Å². The molecule has 0 aromatic carbocycles. The Labute approximate surface area is 143 Å². The van der Waals surface area contributed by atoms with Gasteiger partial charge in [-0.15, -0.1) is 0 Å². The molecule has 2 aromatic heterocycles. The molecule has 0 unspecified atom stereocenters. The molecule has 0 aliphatic carbocycles. The third-order valence-corrected chi connectivity index (χ3v) is 5.15. The highest BCUT2D eigenvalue weighted by atomic mass is 79.9. The molecule has 0 atom stereocenters. The molecule has 23 heavy (non-hydrogen) atoms. The minimum absolute atomic E-state index is 0.263. The molecular formula is C15H21BrN6O. The molecule has 2 aromatic rings. The average Bonchev–Trinajstić information content (AvgIpc) is 2.90. The Bertz CT molecular complexity index is 707. The first-order valence-electron chi connectivity index (χ1n) is 8.00. The highest BCUT2D eigenvalue weighted by molar-refractivity contribution is 9.10. The molecule has 8 heteroatoms. The summed E-state index contributed by atoms with van der Waals surface area (Å²) in [5, 5.41) is 0. The average molecular weight is 381 g/mol. The van der Waals surface area contributed by atoms with Gasteiger partial charge in [0.15, 0.2) is 21.7 Å². The lowest BCUT2D eigenvalue weighted by molar-refractivity contribution is -0.132. The summed E-state index contributed by atoms with van der Waals surface area (Å²) in [6.45, 7) is 4.50. The molecule has 1 fully saturated rings. The maximum Gasteiger partial charge on any atom is 0.222 e. The molecule has 0 bridgehead atoms. The standard InChI is InChI=1S/C15H21BrN6O/c1-2-11(23)21-6-3-10(4-7-21)5-8-22-14-12(20-15(22)16)13(17)18-9-19-14/h9-10H,2-8H2,1H3,(H2,17,18,19). The number of fused-ring (bicyclic) bond motifs is 1. The molecule has 1 amide bonds. The van der Waals surface area contributed by atoms with E-state index in [1.165, 1.54) is 6.33 Å². The lowest BCUT2D eigenvalue weighted by Crippen LogP contribution is -2.38. The molecular weight excluding hydrogens is 360 g/mol. The summed E-state index contributed by atoms with van der Waals surface area (Å²) in [4.78, 5) is 26.4. The van der Waals surface area contributed by atoms with Gasteiger partial charge in [0.2, 0.25) is 5.91 Å². The molecule has 124 valence electrons. The largest absolute Gasteiger partial charge is 0.382 e. The molecule has 0 radical (unpaired) electrons. The van der Waals surface area contributed by atoms with Crippen LogP contribution < -0.4 is 5.73 Å². The Balaban J connectivity index is 1.63. The molecule has 2 N–H and O–H groups in total. The summed E-state index contributed by atoms with van der Waals surface area (Å²) in [7, 11) is 0. The van der Waals surface area contributed by atoms with Gasteiger partial charge in [0.05, 0.1) is 0 Å². The summed E-state index contributed by atoms with van der Waals surface area (Å²) < 4.78 is 2.77. The van der Waals surface area contributed by atoms with Crippen LogP contribution in [0, 0.1) is 5.92 Å². The van der Waals surface area contributed by atoms with Crippen molar-refractivity contribution in [2.45, 2.75) is 39.2 Å². The van der Waals surface area contributed by atoms with Gasteiger partial charge in [-0.2, -0.15) is 0 Å². The first-order chi connectivity index (χ1) is 11.1. The summed E-state index contributed by atoms with van der Waals surface area (Å²) in [6.07, 6.45) is 5.24. The molecule has 0 spiro atoms. The van der Waals surface area contributed by atoms with E-state index in [-0.39, 0.29) is 5.91 Å². The van der Waals surface area contributed by atoms with Crippen LogP contribution in [0.1, 0.15) is 32.6 Å². The fourth-order valence-electron chi connectivity index (χ4n) is 3.13. The predicted molar refractivity (Wildman–Crippen MR) is 91.6 cm³/mol. The maximum atomic E-state index is 11.7. The number of hydrogen-bond acceptors (Lipinski definition) is 5. The van der Waals surface area contributed by atoms with E-state index in [1.807, 2.05) is 16.4 Å². The van der Waals surface area contributed by atoms with E-state index < -0.39 is 0 Å². The van der Waals surface area contributed by atoms with Gasteiger partial charge in [-0.1, -0.05) is 6.92 Å². The Morgan fingerprint density at radius 3 is 2.83 bits per heavy atom. The van der Waals surface area contributed by atoms with Gasteiger partial charge in [-0.25, -0.2) is 15.0 Å². The number of nitrogen functional groups attached to an aromatic ring is 1. The zero-order chi connectivity index (χ0) is 16.4. The van der Waals surface area contributed by atoms with Gasteiger partial charge in [-0.3, -0.25) is 4.79 Å². The van der Waals surface area contributed by atoms with Crippen molar-refractivity contribution in [2.24, 2.45) is 5.92 Å². The van der Waals surface area contributed by atoms with Crippen LogP contribution in [0.15, 0.2) is 11.1 Å². The number of hydrogen-bond donors (Lipinski definition) is 1. The maximum absolute atomic E-state index is 11.7. The van der Waals surface area contributed by atoms with Crippen molar-refractivity contribution in [3.05, 3.63) is 11.1 Å². The van der Waals surface area contributed by atoms with Crippen LogP contribution in [0.3, 0.4) is 0 Å². The number of nitrogens with zero attached hydrogens (tertiary/aromatic N) is 5. The highest BCUT2D eigenvalue weighted by Gasteiger charge is 2.22. The Morgan fingerprint density at radius 1 is 1.39 bits per heavy atom. The molecule has 1 aliphatic rings. The van der Waals surface area contributed by atoms with Crippen LogP contribution in [0.4, 0.5) is 5.82 Å². The number of carbonyl (C=O) groups excluding carboxylic acids is 1. The van der Waals surface area contributed by atoms with E-state index in [0.717, 1.165) is 49.3 Å². The summed E-state index contributed by atoms with van der Waals surface area (Å²) in [5.41, 5.74) is 7.26. The molecule has 0 saturated carbocycles. The highest BCUT2D eigenvalue weighted by Crippen LogP contribution is 2.25. The molecule has 1 aliphatic heterocycles.